The zero-order valence-electron chi connectivity index (χ0n) is 17.2. The van der Waals surface area contributed by atoms with Gasteiger partial charge < -0.3 is 15.5 Å². The van der Waals surface area contributed by atoms with Crippen molar-refractivity contribution < 1.29 is 23.4 Å². The van der Waals surface area contributed by atoms with Crippen LogP contribution in [0.1, 0.15) is 53.2 Å². The first-order valence-electron chi connectivity index (χ1n) is 9.82. The van der Waals surface area contributed by atoms with Gasteiger partial charge in [-0.15, -0.1) is 0 Å². The number of aromatic hydroxyl groups is 2. The lowest BCUT2D eigenvalue weighted by molar-refractivity contribution is 0.0960. The summed E-state index contributed by atoms with van der Waals surface area (Å²) in [5, 5.41) is 33.3. The van der Waals surface area contributed by atoms with Gasteiger partial charge in [-0.3, -0.25) is 4.79 Å². The van der Waals surface area contributed by atoms with Gasteiger partial charge in [0.05, 0.1) is 22.8 Å². The number of amides is 1. The Morgan fingerprint density at radius 3 is 2.39 bits per heavy atom. The molecule has 0 aliphatic heterocycles. The number of nitriles is 1. The van der Waals surface area contributed by atoms with Crippen LogP contribution in [-0.2, 0) is 27.4 Å². The Balaban J connectivity index is 2.16. The number of halogens is 1. The molecule has 0 atom stereocenters. The van der Waals surface area contributed by atoms with Gasteiger partial charge in [0.25, 0.3) is 5.91 Å². The third kappa shape index (κ3) is 4.14. The van der Waals surface area contributed by atoms with Gasteiger partial charge in [-0.05, 0) is 61.1 Å². The first-order valence-corrected chi connectivity index (χ1v) is 12.3. The first-order chi connectivity index (χ1) is 14.6. The van der Waals surface area contributed by atoms with Crippen molar-refractivity contribution in [2.24, 2.45) is 0 Å². The summed E-state index contributed by atoms with van der Waals surface area (Å²) in [7, 11) is -2.68. The third-order valence-corrected chi connectivity index (χ3v) is 7.94. The number of rotatable bonds is 6. The number of sulfone groups is 1. The van der Waals surface area contributed by atoms with Crippen molar-refractivity contribution in [1.29, 1.82) is 5.26 Å². The lowest BCUT2D eigenvalue weighted by atomic mass is 9.65. The molecule has 9 heteroatoms. The molecule has 1 aliphatic rings. The van der Waals surface area contributed by atoms with Crippen molar-refractivity contribution in [3.63, 3.8) is 0 Å². The molecule has 1 saturated carbocycles. The topological polar surface area (TPSA) is 127 Å². The molecule has 1 aliphatic carbocycles. The van der Waals surface area contributed by atoms with Crippen LogP contribution in [0.25, 0.3) is 0 Å². The molecule has 1 amide bonds. The monoisotopic (exact) mass is 506 g/mol. The van der Waals surface area contributed by atoms with Gasteiger partial charge in [0.2, 0.25) is 0 Å². The molecule has 1 fully saturated rings. The molecule has 7 nitrogen and oxygen atoms in total. The molecule has 0 spiro atoms. The van der Waals surface area contributed by atoms with E-state index in [-0.39, 0.29) is 21.8 Å². The fraction of sp³-hybridized carbons (Fsp3) is 0.364. The van der Waals surface area contributed by atoms with Crippen LogP contribution in [-0.4, -0.2) is 31.6 Å². The van der Waals surface area contributed by atoms with Gasteiger partial charge in [0, 0.05) is 17.1 Å². The van der Waals surface area contributed by atoms with Crippen LogP contribution in [0.3, 0.4) is 0 Å². The summed E-state index contributed by atoms with van der Waals surface area (Å²) in [6.07, 6.45) is 2.48. The lowest BCUT2D eigenvalue weighted by Gasteiger charge is -2.36. The minimum atomic E-state index is -4.08. The van der Waals surface area contributed by atoms with Crippen LogP contribution in [0.15, 0.2) is 33.6 Å². The van der Waals surface area contributed by atoms with Crippen molar-refractivity contribution in [1.82, 2.24) is 5.32 Å². The van der Waals surface area contributed by atoms with Gasteiger partial charge in [-0.1, -0.05) is 22.9 Å². The third-order valence-electron chi connectivity index (χ3n) is 5.81. The van der Waals surface area contributed by atoms with Gasteiger partial charge in [0.15, 0.2) is 9.84 Å². The Labute approximate surface area is 189 Å². The Morgan fingerprint density at radius 1 is 1.19 bits per heavy atom. The largest absolute Gasteiger partial charge is 0.507 e. The van der Waals surface area contributed by atoms with E-state index in [9.17, 15) is 28.7 Å². The van der Waals surface area contributed by atoms with Gasteiger partial charge >= 0.3 is 0 Å². The predicted octanol–water partition coefficient (Wildman–Crippen LogP) is 3.70. The number of carbonyl (C=O) groups excluding carboxylic acids is 1. The molecule has 2 aromatic rings. The van der Waals surface area contributed by atoms with E-state index in [0.717, 1.165) is 6.42 Å². The minimum Gasteiger partial charge on any atom is -0.507 e. The van der Waals surface area contributed by atoms with E-state index in [4.69, 9.17) is 0 Å². The molecule has 0 saturated heterocycles. The Bertz CT molecular complexity index is 1200. The molecular formula is C22H23BrN2O5S. The zero-order chi connectivity index (χ0) is 23.0. The summed E-state index contributed by atoms with van der Waals surface area (Å²) in [5.41, 5.74) is 0.0994. The van der Waals surface area contributed by atoms with Crippen LogP contribution in [0.2, 0.25) is 0 Å². The maximum absolute atomic E-state index is 13.2. The van der Waals surface area contributed by atoms with Crippen molar-refractivity contribution in [2.45, 2.75) is 48.7 Å². The van der Waals surface area contributed by atoms with Crippen molar-refractivity contribution in [2.75, 3.05) is 7.05 Å². The number of carbonyl (C=O) groups is 1. The summed E-state index contributed by atoms with van der Waals surface area (Å²) < 4.78 is 26.9. The van der Waals surface area contributed by atoms with Crippen LogP contribution in [0.4, 0.5) is 0 Å². The minimum absolute atomic E-state index is 0.00930. The molecule has 164 valence electrons. The fourth-order valence-corrected chi connectivity index (χ4v) is 5.98. The van der Waals surface area contributed by atoms with E-state index in [1.165, 1.54) is 25.2 Å². The molecule has 0 unspecified atom stereocenters. The standard InChI is InChI=1S/C22H23BrN2O5S/c1-3-13-8-16(23)10-18(20(13)27)31(29,30)11-14-7-15(22(12-24)5-4-6-22)9-17(19(14)26)21(28)25-2/h7-10,26-27H,3-6,11H2,1-2H3,(H,25,28). The summed E-state index contributed by atoms with van der Waals surface area (Å²) in [6.45, 7) is 1.79. The second-order valence-corrected chi connectivity index (χ2v) is 10.6. The highest BCUT2D eigenvalue weighted by molar-refractivity contribution is 9.10. The highest BCUT2D eigenvalue weighted by Gasteiger charge is 2.40. The smallest absolute Gasteiger partial charge is 0.254 e. The number of nitrogens with one attached hydrogen (secondary N) is 1. The molecule has 0 bridgehead atoms. The molecule has 2 aromatic carbocycles. The van der Waals surface area contributed by atoms with E-state index < -0.39 is 32.7 Å². The van der Waals surface area contributed by atoms with Crippen molar-refractivity contribution >= 4 is 31.7 Å². The Hall–Kier alpha value is -2.57. The zero-order valence-corrected chi connectivity index (χ0v) is 19.6. The maximum atomic E-state index is 13.2. The number of hydrogen-bond acceptors (Lipinski definition) is 6. The number of nitrogens with zero attached hydrogens (tertiary/aromatic N) is 1. The Kier molecular flexibility index (Phi) is 6.35. The average molecular weight is 507 g/mol. The van der Waals surface area contributed by atoms with E-state index in [1.807, 2.05) is 0 Å². The summed E-state index contributed by atoms with van der Waals surface area (Å²) >= 11 is 3.27. The number of aryl methyl sites for hydroxylation is 1. The molecule has 3 N–H and O–H groups in total. The number of phenolic OH excluding ortho intramolecular Hbond substituents is 2. The van der Waals surface area contributed by atoms with Crippen LogP contribution < -0.4 is 5.32 Å². The first kappa shape index (κ1) is 23.1. The summed E-state index contributed by atoms with van der Waals surface area (Å²) in [6, 6.07) is 8.17. The van der Waals surface area contributed by atoms with Gasteiger partial charge in [0.1, 0.15) is 16.4 Å². The SMILES string of the molecule is CCc1cc(Br)cc(S(=O)(=O)Cc2cc(C3(C#N)CCC3)cc(C(=O)NC)c2O)c1O. The van der Waals surface area contributed by atoms with E-state index in [2.05, 4.69) is 27.3 Å². The van der Waals surface area contributed by atoms with E-state index in [1.54, 1.807) is 13.0 Å². The molecule has 0 radical (unpaired) electrons. The summed E-state index contributed by atoms with van der Waals surface area (Å²) in [4.78, 5) is 12.1. The predicted molar refractivity (Wildman–Crippen MR) is 119 cm³/mol. The average Bonchev–Trinajstić information content (AvgIpc) is 2.70. The second kappa shape index (κ2) is 8.52. The second-order valence-electron chi connectivity index (χ2n) is 7.68. The fourth-order valence-electron chi connectivity index (χ4n) is 3.80. The van der Waals surface area contributed by atoms with Gasteiger partial charge in [-0.25, -0.2) is 8.42 Å². The molecule has 31 heavy (non-hydrogen) atoms. The van der Waals surface area contributed by atoms with E-state index >= 15 is 0 Å². The van der Waals surface area contributed by atoms with Gasteiger partial charge in [-0.2, -0.15) is 5.26 Å². The molecule has 3 rings (SSSR count). The van der Waals surface area contributed by atoms with Crippen LogP contribution in [0.5, 0.6) is 11.5 Å². The number of benzene rings is 2. The van der Waals surface area contributed by atoms with Crippen molar-refractivity contribution in [3.8, 4) is 17.6 Å². The summed E-state index contributed by atoms with van der Waals surface area (Å²) in [5.74, 6) is -2.00. The highest BCUT2D eigenvalue weighted by Crippen LogP contribution is 2.45. The lowest BCUT2D eigenvalue weighted by Crippen LogP contribution is -2.33. The van der Waals surface area contributed by atoms with E-state index in [0.29, 0.717) is 34.9 Å². The van der Waals surface area contributed by atoms with Crippen molar-refractivity contribution in [3.05, 3.63) is 51.0 Å². The highest BCUT2D eigenvalue weighted by atomic mass is 79.9. The molecule has 0 heterocycles. The number of hydrogen-bond donors (Lipinski definition) is 3. The quantitative estimate of drug-likeness (QED) is 0.547. The maximum Gasteiger partial charge on any atom is 0.254 e. The molecular weight excluding hydrogens is 484 g/mol. The Morgan fingerprint density at radius 2 is 1.87 bits per heavy atom. The van der Waals surface area contributed by atoms with Crippen LogP contribution >= 0.6 is 15.9 Å². The van der Waals surface area contributed by atoms with Crippen LogP contribution in [0, 0.1) is 11.3 Å². The normalized spacial score (nSPS) is 15.0. The molecule has 0 aromatic heterocycles. The number of phenols is 2.